The van der Waals surface area contributed by atoms with Gasteiger partial charge in [-0.3, -0.25) is 0 Å². The highest BCUT2D eigenvalue weighted by Gasteiger charge is 2.29. The molecule has 1 atom stereocenters. The minimum atomic E-state index is -3.57. The van der Waals surface area contributed by atoms with Crippen LogP contribution in [0.25, 0.3) is 0 Å². The van der Waals surface area contributed by atoms with E-state index in [0.717, 1.165) is 32.1 Å². The molecule has 1 unspecified atom stereocenters. The summed E-state index contributed by atoms with van der Waals surface area (Å²) in [5.74, 6) is 0.181. The van der Waals surface area contributed by atoms with Gasteiger partial charge in [-0.25, -0.2) is 4.39 Å². The number of nitrogens with one attached hydrogen (secondary N) is 1. The molecule has 0 aliphatic carbocycles. The fourth-order valence-corrected chi connectivity index (χ4v) is 4.70. The van der Waals surface area contributed by atoms with Crippen LogP contribution in [-0.4, -0.2) is 32.4 Å². The average Bonchev–Trinajstić information content (AvgIpc) is 2.89. The van der Waals surface area contributed by atoms with Gasteiger partial charge >= 0.3 is 0 Å². The molecule has 1 N–H and O–H groups in total. The Labute approximate surface area is 137 Å². The number of hydrogen-bond acceptors (Lipinski definition) is 3. The van der Waals surface area contributed by atoms with Crippen LogP contribution in [0.4, 0.5) is 4.39 Å². The second kappa shape index (κ2) is 7.15. The lowest BCUT2D eigenvalue weighted by Crippen LogP contribution is -2.42. The number of rotatable bonds is 3. The summed E-state index contributed by atoms with van der Waals surface area (Å²) in [4.78, 5) is 0. The van der Waals surface area contributed by atoms with Gasteiger partial charge in [-0.05, 0) is 43.9 Å². The molecule has 2 heterocycles. The van der Waals surface area contributed by atoms with Crippen LogP contribution >= 0.6 is 0 Å². The molecule has 23 heavy (non-hydrogen) atoms. The van der Waals surface area contributed by atoms with Crippen molar-refractivity contribution < 1.29 is 17.5 Å². The lowest BCUT2D eigenvalue weighted by molar-refractivity contribution is 0.315. The molecule has 0 bridgehead atoms. The molecule has 1 aromatic rings. The molecule has 1 aromatic carbocycles. The maximum absolute atomic E-state index is 13.6. The Bertz CT molecular complexity index is 643. The van der Waals surface area contributed by atoms with Gasteiger partial charge in [0.2, 0.25) is 0 Å². The number of nitrogens with zero attached hydrogens (tertiary/aromatic N) is 1. The highest BCUT2D eigenvalue weighted by molar-refractivity contribution is 7.87. The van der Waals surface area contributed by atoms with Crippen LogP contribution in [-0.2, 0) is 10.2 Å². The van der Waals surface area contributed by atoms with Crippen molar-refractivity contribution in [2.75, 3.05) is 19.7 Å². The zero-order valence-electron chi connectivity index (χ0n) is 13.1. The Morgan fingerprint density at radius 3 is 2.61 bits per heavy atom. The van der Waals surface area contributed by atoms with Gasteiger partial charge in [0.15, 0.2) is 0 Å². The maximum atomic E-state index is 13.6. The fourth-order valence-electron chi connectivity index (χ4n) is 3.21. The third-order valence-corrected chi connectivity index (χ3v) is 6.07. The predicted molar refractivity (Wildman–Crippen MR) is 86.0 cm³/mol. The molecule has 0 amide bonds. The van der Waals surface area contributed by atoms with Crippen molar-refractivity contribution in [2.24, 2.45) is 0 Å². The number of ether oxygens (including phenoxy) is 1. The quantitative estimate of drug-likeness (QED) is 0.919. The van der Waals surface area contributed by atoms with Crippen LogP contribution in [0.3, 0.4) is 0 Å². The minimum Gasteiger partial charge on any atom is -0.493 e. The van der Waals surface area contributed by atoms with Gasteiger partial charge in [0.25, 0.3) is 10.2 Å². The van der Waals surface area contributed by atoms with Crippen molar-refractivity contribution in [1.29, 1.82) is 0 Å². The zero-order chi connectivity index (χ0) is 16.3. The van der Waals surface area contributed by atoms with Crippen LogP contribution in [0.2, 0.25) is 0 Å². The first kappa shape index (κ1) is 16.7. The summed E-state index contributed by atoms with van der Waals surface area (Å²) in [5.41, 5.74) is 0.584. The summed E-state index contributed by atoms with van der Waals surface area (Å²) in [6.45, 7) is 1.61. The van der Waals surface area contributed by atoms with Crippen molar-refractivity contribution in [3.05, 3.63) is 29.6 Å². The zero-order valence-corrected chi connectivity index (χ0v) is 13.9. The molecule has 0 spiro atoms. The highest BCUT2D eigenvalue weighted by Crippen LogP contribution is 2.33. The third-order valence-electron chi connectivity index (χ3n) is 4.44. The summed E-state index contributed by atoms with van der Waals surface area (Å²) in [6, 6.07) is 3.83. The molecular formula is C16H23FN2O3S. The van der Waals surface area contributed by atoms with Crippen LogP contribution in [0.1, 0.15) is 50.1 Å². The van der Waals surface area contributed by atoms with E-state index in [0.29, 0.717) is 37.4 Å². The van der Waals surface area contributed by atoms with Crippen molar-refractivity contribution in [1.82, 2.24) is 9.03 Å². The van der Waals surface area contributed by atoms with E-state index < -0.39 is 16.3 Å². The molecule has 128 valence electrons. The van der Waals surface area contributed by atoms with E-state index in [1.807, 2.05) is 0 Å². The predicted octanol–water partition coefficient (Wildman–Crippen LogP) is 2.75. The molecule has 1 fully saturated rings. The number of benzene rings is 1. The first-order chi connectivity index (χ1) is 11.1. The summed E-state index contributed by atoms with van der Waals surface area (Å²) in [5, 5.41) is 0. The largest absolute Gasteiger partial charge is 0.493 e. The smallest absolute Gasteiger partial charge is 0.280 e. The van der Waals surface area contributed by atoms with Crippen molar-refractivity contribution in [3.8, 4) is 5.75 Å². The summed E-state index contributed by atoms with van der Waals surface area (Å²) < 4.78 is 48.9. The monoisotopic (exact) mass is 342 g/mol. The lowest BCUT2D eigenvalue weighted by atomic mass is 10.0. The van der Waals surface area contributed by atoms with Gasteiger partial charge in [0.1, 0.15) is 11.6 Å². The highest BCUT2D eigenvalue weighted by atomic mass is 32.2. The SMILES string of the molecule is O=S(=O)(NC1CCCOc2ccc(F)cc21)N1CCCCCC1. The van der Waals surface area contributed by atoms with E-state index in [4.69, 9.17) is 4.74 Å². The molecule has 0 saturated carbocycles. The standard InChI is InChI=1S/C16H23FN2O3S/c17-13-7-8-16-14(12-13)15(6-5-11-22-16)18-23(20,21)19-9-3-1-2-4-10-19/h7-8,12,15,18H,1-6,9-11H2. The van der Waals surface area contributed by atoms with Gasteiger partial charge in [-0.15, -0.1) is 0 Å². The Morgan fingerprint density at radius 1 is 1.13 bits per heavy atom. The summed E-state index contributed by atoms with van der Waals surface area (Å²) in [7, 11) is -3.57. The maximum Gasteiger partial charge on any atom is 0.280 e. The van der Waals surface area contributed by atoms with Gasteiger partial charge in [0.05, 0.1) is 12.6 Å². The topological polar surface area (TPSA) is 58.6 Å². The van der Waals surface area contributed by atoms with Crippen LogP contribution in [0.5, 0.6) is 5.75 Å². The van der Waals surface area contributed by atoms with Crippen LogP contribution in [0.15, 0.2) is 18.2 Å². The second-order valence-electron chi connectivity index (χ2n) is 6.16. The van der Waals surface area contributed by atoms with Crippen molar-refractivity contribution >= 4 is 10.2 Å². The number of hydrogen-bond donors (Lipinski definition) is 1. The number of halogens is 1. The molecule has 1 saturated heterocycles. The summed E-state index contributed by atoms with van der Waals surface area (Å²) in [6.07, 6.45) is 5.24. The van der Waals surface area contributed by atoms with Crippen molar-refractivity contribution in [2.45, 2.75) is 44.6 Å². The van der Waals surface area contributed by atoms with Gasteiger partial charge in [0, 0.05) is 18.7 Å². The van der Waals surface area contributed by atoms with Gasteiger partial charge in [-0.2, -0.15) is 17.4 Å². The minimum absolute atomic E-state index is 0.381. The Balaban J connectivity index is 1.82. The van der Waals surface area contributed by atoms with E-state index >= 15 is 0 Å². The van der Waals surface area contributed by atoms with E-state index in [-0.39, 0.29) is 5.82 Å². The molecule has 2 aliphatic heterocycles. The van der Waals surface area contributed by atoms with Crippen LogP contribution in [0, 0.1) is 5.82 Å². The normalized spacial score (nSPS) is 23.4. The molecule has 5 nitrogen and oxygen atoms in total. The molecule has 0 aromatic heterocycles. The molecule has 7 heteroatoms. The lowest BCUT2D eigenvalue weighted by Gasteiger charge is -2.25. The first-order valence-corrected chi connectivity index (χ1v) is 9.70. The van der Waals surface area contributed by atoms with Gasteiger partial charge < -0.3 is 4.74 Å². The Morgan fingerprint density at radius 2 is 1.87 bits per heavy atom. The molecular weight excluding hydrogens is 319 g/mol. The molecule has 3 rings (SSSR count). The molecule has 2 aliphatic rings. The molecule has 0 radical (unpaired) electrons. The Kier molecular flexibility index (Phi) is 5.18. The Hall–Kier alpha value is -1.18. The average molecular weight is 342 g/mol. The second-order valence-corrected chi connectivity index (χ2v) is 7.86. The first-order valence-electron chi connectivity index (χ1n) is 8.26. The van der Waals surface area contributed by atoms with Gasteiger partial charge in [-0.1, -0.05) is 12.8 Å². The summed E-state index contributed by atoms with van der Waals surface area (Å²) >= 11 is 0. The van der Waals surface area contributed by atoms with Crippen molar-refractivity contribution in [3.63, 3.8) is 0 Å². The number of fused-ring (bicyclic) bond motifs is 1. The fraction of sp³-hybridized carbons (Fsp3) is 0.625. The van der Waals surface area contributed by atoms with Crippen LogP contribution < -0.4 is 9.46 Å². The van der Waals surface area contributed by atoms with E-state index in [9.17, 15) is 12.8 Å². The van der Waals surface area contributed by atoms with E-state index in [2.05, 4.69) is 4.72 Å². The van der Waals surface area contributed by atoms with E-state index in [1.54, 1.807) is 6.07 Å². The van der Waals surface area contributed by atoms with E-state index in [1.165, 1.54) is 16.4 Å². The third kappa shape index (κ3) is 4.02.